The van der Waals surface area contributed by atoms with Crippen LogP contribution in [-0.2, 0) is 4.79 Å². The van der Waals surface area contributed by atoms with Gasteiger partial charge < -0.3 is 15.7 Å². The minimum atomic E-state index is -1.11. The highest BCUT2D eigenvalue weighted by Crippen LogP contribution is 2.19. The van der Waals surface area contributed by atoms with Crippen LogP contribution in [0.1, 0.15) is 10.9 Å². The number of amides is 2. The van der Waals surface area contributed by atoms with Crippen molar-refractivity contribution in [3.05, 3.63) is 51.7 Å². The van der Waals surface area contributed by atoms with Gasteiger partial charge in [0.1, 0.15) is 0 Å². The van der Waals surface area contributed by atoms with Crippen LogP contribution in [-0.4, -0.2) is 17.1 Å². The fourth-order valence-electron chi connectivity index (χ4n) is 1.54. The fourth-order valence-corrected chi connectivity index (χ4v) is 2.43. The number of urea groups is 1. The second-order valence-corrected chi connectivity index (χ2v) is 5.31. The van der Waals surface area contributed by atoms with Crippen LogP contribution < -0.4 is 10.6 Å². The first-order chi connectivity index (χ1) is 9.56. The summed E-state index contributed by atoms with van der Waals surface area (Å²) in [7, 11) is 0. The Balaban J connectivity index is 2.02. The van der Waals surface area contributed by atoms with E-state index in [0.29, 0.717) is 15.6 Å². The van der Waals surface area contributed by atoms with Gasteiger partial charge in [-0.05, 0) is 35.7 Å². The van der Waals surface area contributed by atoms with Crippen LogP contribution in [0.4, 0.5) is 10.5 Å². The summed E-state index contributed by atoms with van der Waals surface area (Å²) in [4.78, 5) is 23.5. The van der Waals surface area contributed by atoms with E-state index in [4.69, 9.17) is 16.7 Å². The molecule has 7 heteroatoms. The molecule has 0 aliphatic heterocycles. The maximum atomic E-state index is 11.8. The van der Waals surface area contributed by atoms with Gasteiger partial charge in [-0.1, -0.05) is 17.7 Å². The van der Waals surface area contributed by atoms with Gasteiger partial charge in [0, 0.05) is 15.6 Å². The SMILES string of the molecule is O=C(Nc1ccc(Cl)cc1)NC(C(=O)O)c1cccs1. The van der Waals surface area contributed by atoms with E-state index in [1.54, 1.807) is 41.8 Å². The van der Waals surface area contributed by atoms with Gasteiger partial charge in [0.15, 0.2) is 6.04 Å². The van der Waals surface area contributed by atoms with Gasteiger partial charge in [-0.3, -0.25) is 0 Å². The first kappa shape index (κ1) is 14.4. The topological polar surface area (TPSA) is 78.4 Å². The average Bonchev–Trinajstić information content (AvgIpc) is 2.92. The summed E-state index contributed by atoms with van der Waals surface area (Å²) in [5, 5.41) is 16.4. The third-order valence-electron chi connectivity index (χ3n) is 2.45. The Bertz CT molecular complexity index is 599. The van der Waals surface area contributed by atoms with Crippen molar-refractivity contribution in [1.29, 1.82) is 0 Å². The maximum absolute atomic E-state index is 11.8. The monoisotopic (exact) mass is 310 g/mol. The van der Waals surface area contributed by atoms with E-state index in [1.807, 2.05) is 0 Å². The van der Waals surface area contributed by atoms with E-state index in [9.17, 15) is 9.59 Å². The number of aliphatic carboxylic acids is 1. The molecule has 3 N–H and O–H groups in total. The number of nitrogens with one attached hydrogen (secondary N) is 2. The van der Waals surface area contributed by atoms with E-state index < -0.39 is 18.0 Å². The van der Waals surface area contributed by atoms with E-state index in [2.05, 4.69) is 10.6 Å². The lowest BCUT2D eigenvalue weighted by atomic mass is 10.2. The zero-order chi connectivity index (χ0) is 14.5. The molecule has 1 atom stereocenters. The molecule has 2 amide bonds. The van der Waals surface area contributed by atoms with Crippen molar-refractivity contribution in [1.82, 2.24) is 5.32 Å². The summed E-state index contributed by atoms with van der Waals surface area (Å²) in [6.07, 6.45) is 0. The largest absolute Gasteiger partial charge is 0.479 e. The van der Waals surface area contributed by atoms with Crippen molar-refractivity contribution in [3.63, 3.8) is 0 Å². The van der Waals surface area contributed by atoms with Gasteiger partial charge >= 0.3 is 12.0 Å². The lowest BCUT2D eigenvalue weighted by Crippen LogP contribution is -2.36. The molecule has 5 nitrogen and oxygen atoms in total. The van der Waals surface area contributed by atoms with E-state index in [1.165, 1.54) is 11.3 Å². The smallest absolute Gasteiger partial charge is 0.331 e. The molecule has 2 rings (SSSR count). The Kier molecular flexibility index (Phi) is 4.60. The van der Waals surface area contributed by atoms with Crippen molar-refractivity contribution in [3.8, 4) is 0 Å². The van der Waals surface area contributed by atoms with Crippen molar-refractivity contribution < 1.29 is 14.7 Å². The van der Waals surface area contributed by atoms with Gasteiger partial charge in [-0.25, -0.2) is 9.59 Å². The van der Waals surface area contributed by atoms with Crippen molar-refractivity contribution in [2.45, 2.75) is 6.04 Å². The summed E-state index contributed by atoms with van der Waals surface area (Å²) in [6.45, 7) is 0. The van der Waals surface area contributed by atoms with Crippen molar-refractivity contribution in [2.24, 2.45) is 0 Å². The molecule has 1 aromatic carbocycles. The second-order valence-electron chi connectivity index (χ2n) is 3.89. The molecule has 0 bridgehead atoms. The highest BCUT2D eigenvalue weighted by molar-refractivity contribution is 7.10. The number of carbonyl (C=O) groups is 2. The first-order valence-electron chi connectivity index (χ1n) is 5.65. The molecule has 1 aromatic heterocycles. The molecule has 0 aliphatic carbocycles. The number of benzene rings is 1. The molecule has 20 heavy (non-hydrogen) atoms. The first-order valence-corrected chi connectivity index (χ1v) is 6.91. The Morgan fingerprint density at radius 3 is 2.45 bits per heavy atom. The van der Waals surface area contributed by atoms with Gasteiger partial charge in [-0.2, -0.15) is 0 Å². The number of carbonyl (C=O) groups excluding carboxylic acids is 1. The molecule has 0 radical (unpaired) electrons. The van der Waals surface area contributed by atoms with Gasteiger partial charge in [0.05, 0.1) is 0 Å². The Morgan fingerprint density at radius 1 is 1.20 bits per heavy atom. The van der Waals surface area contributed by atoms with Crippen molar-refractivity contribution >= 4 is 40.6 Å². The summed E-state index contributed by atoms with van der Waals surface area (Å²) in [5.74, 6) is -1.11. The molecule has 104 valence electrons. The number of rotatable bonds is 4. The number of hydrogen-bond donors (Lipinski definition) is 3. The molecular weight excluding hydrogens is 300 g/mol. The highest BCUT2D eigenvalue weighted by Gasteiger charge is 2.22. The minimum Gasteiger partial charge on any atom is -0.479 e. The molecule has 0 fully saturated rings. The highest BCUT2D eigenvalue weighted by atomic mass is 35.5. The molecule has 0 saturated carbocycles. The predicted molar refractivity (Wildman–Crippen MR) is 78.3 cm³/mol. The van der Waals surface area contributed by atoms with Gasteiger partial charge in [-0.15, -0.1) is 11.3 Å². The molecule has 2 aromatic rings. The number of carboxylic acid groups (broad SMARTS) is 1. The number of halogens is 1. The van der Waals surface area contributed by atoms with Crippen molar-refractivity contribution in [2.75, 3.05) is 5.32 Å². The zero-order valence-electron chi connectivity index (χ0n) is 10.2. The third-order valence-corrected chi connectivity index (χ3v) is 3.64. The Hall–Kier alpha value is -2.05. The number of hydrogen-bond acceptors (Lipinski definition) is 3. The lowest BCUT2D eigenvalue weighted by molar-refractivity contribution is -0.139. The van der Waals surface area contributed by atoms with E-state index in [-0.39, 0.29) is 0 Å². The molecule has 1 unspecified atom stereocenters. The summed E-state index contributed by atoms with van der Waals surface area (Å²) >= 11 is 7.01. The van der Waals surface area contributed by atoms with Crippen LogP contribution in [0.2, 0.25) is 5.02 Å². The van der Waals surface area contributed by atoms with Crippen LogP contribution in [0, 0.1) is 0 Å². The Morgan fingerprint density at radius 2 is 1.90 bits per heavy atom. The van der Waals surface area contributed by atoms with Crippen LogP contribution in [0.3, 0.4) is 0 Å². The lowest BCUT2D eigenvalue weighted by Gasteiger charge is -2.13. The second kappa shape index (κ2) is 6.40. The molecule has 0 saturated heterocycles. The Labute approximate surface area is 124 Å². The summed E-state index contributed by atoms with van der Waals surface area (Å²) in [5.41, 5.74) is 0.530. The molecular formula is C13H11ClN2O3S. The number of carboxylic acids is 1. The van der Waals surface area contributed by atoms with Crippen LogP contribution in [0.15, 0.2) is 41.8 Å². The fraction of sp³-hybridized carbons (Fsp3) is 0.0769. The minimum absolute atomic E-state index is 0.530. The van der Waals surface area contributed by atoms with Gasteiger partial charge in [0.25, 0.3) is 0 Å². The molecule has 0 aliphatic rings. The van der Waals surface area contributed by atoms with E-state index in [0.717, 1.165) is 0 Å². The third kappa shape index (κ3) is 3.72. The molecule has 1 heterocycles. The number of thiophene rings is 1. The molecule has 0 spiro atoms. The predicted octanol–water partition coefficient (Wildman–Crippen LogP) is 3.35. The summed E-state index contributed by atoms with van der Waals surface area (Å²) < 4.78 is 0. The average molecular weight is 311 g/mol. The summed E-state index contributed by atoms with van der Waals surface area (Å²) in [6, 6.07) is 8.25. The van der Waals surface area contributed by atoms with Crippen LogP contribution >= 0.6 is 22.9 Å². The maximum Gasteiger partial charge on any atom is 0.331 e. The van der Waals surface area contributed by atoms with Gasteiger partial charge in [0.2, 0.25) is 0 Å². The van der Waals surface area contributed by atoms with E-state index >= 15 is 0 Å². The standard InChI is InChI=1S/C13H11ClN2O3S/c14-8-3-5-9(6-4-8)15-13(19)16-11(12(17)18)10-2-1-7-20-10/h1-7,11H,(H,17,18)(H2,15,16,19). The zero-order valence-corrected chi connectivity index (χ0v) is 11.7. The van der Waals surface area contributed by atoms with Crippen LogP contribution in [0.25, 0.3) is 0 Å². The van der Waals surface area contributed by atoms with Crippen LogP contribution in [0.5, 0.6) is 0 Å². The number of anilines is 1. The quantitative estimate of drug-likeness (QED) is 0.810. The normalized spacial score (nSPS) is 11.7.